The molecule has 0 N–H and O–H groups in total. The first kappa shape index (κ1) is 14.8. The van der Waals surface area contributed by atoms with Gasteiger partial charge in [0.05, 0.1) is 28.9 Å². The minimum absolute atomic E-state index is 0.215. The zero-order chi connectivity index (χ0) is 15.7. The number of rotatable bonds is 3. The molecule has 0 aliphatic heterocycles. The summed E-state index contributed by atoms with van der Waals surface area (Å²) in [6, 6.07) is 14.6. The topological polar surface area (TPSA) is 39.2 Å². The number of ether oxygens (including phenoxy) is 1. The number of fused-ring (bicyclic) bond motifs is 1. The highest BCUT2D eigenvalue weighted by Gasteiger charge is 2.19. The molecule has 0 aliphatic carbocycles. The van der Waals surface area contributed by atoms with E-state index in [0.29, 0.717) is 21.6 Å². The molecule has 0 unspecified atom stereocenters. The molecule has 0 spiro atoms. The monoisotopic (exact) mass is 331 g/mol. The van der Waals surface area contributed by atoms with Gasteiger partial charge in [0.25, 0.3) is 5.24 Å². The Morgan fingerprint density at radius 1 is 1.09 bits per heavy atom. The fourth-order valence-electron chi connectivity index (χ4n) is 2.31. The lowest BCUT2D eigenvalue weighted by Crippen LogP contribution is -2.00. The number of nitrogens with zero attached hydrogens (tertiary/aromatic N) is 1. The molecule has 0 radical (unpaired) electrons. The second-order valence-electron chi connectivity index (χ2n) is 4.67. The van der Waals surface area contributed by atoms with Gasteiger partial charge in [-0.3, -0.25) is 4.79 Å². The van der Waals surface area contributed by atoms with Crippen molar-refractivity contribution in [1.29, 1.82) is 0 Å². The first-order valence-corrected chi connectivity index (χ1v) is 7.30. The molecule has 1 heterocycles. The molecule has 110 valence electrons. The summed E-state index contributed by atoms with van der Waals surface area (Å²) in [7, 11) is 1.59. The van der Waals surface area contributed by atoms with Crippen molar-refractivity contribution in [2.75, 3.05) is 7.11 Å². The molecule has 2 aromatic carbocycles. The highest BCUT2D eigenvalue weighted by Crippen LogP contribution is 2.34. The summed E-state index contributed by atoms with van der Waals surface area (Å²) in [6.45, 7) is 0. The molecular formula is C17H11Cl2NO2. The van der Waals surface area contributed by atoms with E-state index in [4.69, 9.17) is 27.9 Å². The van der Waals surface area contributed by atoms with Crippen molar-refractivity contribution in [2.24, 2.45) is 0 Å². The van der Waals surface area contributed by atoms with Crippen LogP contribution < -0.4 is 4.74 Å². The molecule has 0 amide bonds. The van der Waals surface area contributed by atoms with Crippen LogP contribution in [-0.2, 0) is 0 Å². The smallest absolute Gasteiger partial charge is 0.256 e. The average Bonchev–Trinajstić information content (AvgIpc) is 2.54. The first-order chi connectivity index (χ1) is 10.6. The van der Waals surface area contributed by atoms with E-state index in [1.54, 1.807) is 19.2 Å². The lowest BCUT2D eigenvalue weighted by atomic mass is 10.0. The fraction of sp³-hybridized carbons (Fsp3) is 0.0588. The normalized spacial score (nSPS) is 10.7. The third-order valence-electron chi connectivity index (χ3n) is 3.39. The number of hydrogen-bond donors (Lipinski definition) is 0. The van der Waals surface area contributed by atoms with E-state index >= 15 is 0 Å². The largest absolute Gasteiger partial charge is 0.497 e. The molecule has 22 heavy (non-hydrogen) atoms. The van der Waals surface area contributed by atoms with Crippen LogP contribution in [0.5, 0.6) is 5.75 Å². The molecule has 0 fully saturated rings. The molecule has 3 nitrogen and oxygen atoms in total. The summed E-state index contributed by atoms with van der Waals surface area (Å²) in [6.07, 6.45) is 0. The summed E-state index contributed by atoms with van der Waals surface area (Å²) in [5.41, 5.74) is 2.14. The number of benzene rings is 2. The third kappa shape index (κ3) is 2.54. The molecule has 0 atom stereocenters. The van der Waals surface area contributed by atoms with Crippen molar-refractivity contribution in [1.82, 2.24) is 4.98 Å². The van der Waals surface area contributed by atoms with Crippen molar-refractivity contribution >= 4 is 39.3 Å². The zero-order valence-corrected chi connectivity index (χ0v) is 13.2. The highest BCUT2D eigenvalue weighted by atomic mass is 35.5. The zero-order valence-electron chi connectivity index (χ0n) is 11.6. The minimum Gasteiger partial charge on any atom is -0.497 e. The van der Waals surface area contributed by atoms with Crippen LogP contribution in [0.4, 0.5) is 0 Å². The summed E-state index contributed by atoms with van der Waals surface area (Å²) < 4.78 is 5.14. The number of methoxy groups -OCH3 is 1. The Bertz CT molecular complexity index is 860. The van der Waals surface area contributed by atoms with E-state index in [9.17, 15) is 4.79 Å². The van der Waals surface area contributed by atoms with Crippen molar-refractivity contribution in [3.8, 4) is 17.0 Å². The number of pyridine rings is 1. The molecule has 3 rings (SSSR count). The lowest BCUT2D eigenvalue weighted by molar-refractivity contribution is 0.108. The lowest BCUT2D eigenvalue weighted by Gasteiger charge is -2.11. The van der Waals surface area contributed by atoms with Crippen molar-refractivity contribution in [3.05, 3.63) is 59.1 Å². The maximum atomic E-state index is 11.8. The minimum atomic E-state index is -0.630. The summed E-state index contributed by atoms with van der Waals surface area (Å²) in [4.78, 5) is 16.4. The molecule has 0 saturated carbocycles. The van der Waals surface area contributed by atoms with Gasteiger partial charge in [-0.05, 0) is 41.9 Å². The number of para-hydroxylation sites is 1. The quantitative estimate of drug-likeness (QED) is 0.638. The van der Waals surface area contributed by atoms with Gasteiger partial charge in [-0.1, -0.05) is 29.8 Å². The SMILES string of the molecule is COc1ccc(-c2nc3ccccc3c(Cl)c2C(=O)Cl)cc1. The summed E-state index contributed by atoms with van der Waals surface area (Å²) in [5, 5.41) is 0.385. The van der Waals surface area contributed by atoms with Gasteiger partial charge in [-0.2, -0.15) is 0 Å². The molecule has 0 saturated heterocycles. The molecule has 0 bridgehead atoms. The van der Waals surface area contributed by atoms with Crippen LogP contribution in [-0.4, -0.2) is 17.3 Å². The maximum absolute atomic E-state index is 11.8. The second kappa shape index (κ2) is 5.95. The van der Waals surface area contributed by atoms with E-state index in [-0.39, 0.29) is 5.56 Å². The number of aromatic nitrogens is 1. The Labute approximate surface area is 137 Å². The van der Waals surface area contributed by atoms with Gasteiger partial charge in [0.2, 0.25) is 0 Å². The second-order valence-corrected chi connectivity index (χ2v) is 5.39. The van der Waals surface area contributed by atoms with Gasteiger partial charge in [-0.25, -0.2) is 4.98 Å². The average molecular weight is 332 g/mol. The predicted octanol–water partition coefficient (Wildman–Crippen LogP) is 4.94. The van der Waals surface area contributed by atoms with Gasteiger partial charge in [0.15, 0.2) is 0 Å². The first-order valence-electron chi connectivity index (χ1n) is 6.54. The molecule has 0 aliphatic rings. The van der Waals surface area contributed by atoms with Crippen LogP contribution in [0.15, 0.2) is 48.5 Å². The van der Waals surface area contributed by atoms with Crippen molar-refractivity contribution in [2.45, 2.75) is 0 Å². The highest BCUT2D eigenvalue weighted by molar-refractivity contribution is 6.69. The Hall–Kier alpha value is -2.10. The fourth-order valence-corrected chi connectivity index (χ4v) is 2.88. The van der Waals surface area contributed by atoms with Gasteiger partial charge in [0, 0.05) is 10.9 Å². The summed E-state index contributed by atoms with van der Waals surface area (Å²) >= 11 is 12.1. The van der Waals surface area contributed by atoms with Gasteiger partial charge in [0.1, 0.15) is 5.75 Å². The summed E-state index contributed by atoms with van der Waals surface area (Å²) in [5.74, 6) is 0.717. The molecule has 5 heteroatoms. The third-order valence-corrected chi connectivity index (χ3v) is 3.97. The Kier molecular flexibility index (Phi) is 4.01. The van der Waals surface area contributed by atoms with Crippen LogP contribution in [0.3, 0.4) is 0 Å². The molecule has 1 aromatic heterocycles. The van der Waals surface area contributed by atoms with E-state index in [0.717, 1.165) is 11.3 Å². The van der Waals surface area contributed by atoms with Crippen LogP contribution in [0, 0.1) is 0 Å². The van der Waals surface area contributed by atoms with Crippen LogP contribution in [0.2, 0.25) is 5.02 Å². The Morgan fingerprint density at radius 3 is 2.41 bits per heavy atom. The van der Waals surface area contributed by atoms with E-state index in [1.165, 1.54) is 0 Å². The van der Waals surface area contributed by atoms with Crippen LogP contribution >= 0.6 is 23.2 Å². The van der Waals surface area contributed by atoms with Gasteiger partial charge < -0.3 is 4.74 Å². The Balaban J connectivity index is 2.31. The van der Waals surface area contributed by atoms with E-state index in [2.05, 4.69) is 4.98 Å². The number of carbonyl (C=O) groups is 1. The van der Waals surface area contributed by atoms with Gasteiger partial charge >= 0.3 is 0 Å². The van der Waals surface area contributed by atoms with E-state index < -0.39 is 5.24 Å². The van der Waals surface area contributed by atoms with E-state index in [1.807, 2.05) is 36.4 Å². The molecular weight excluding hydrogens is 321 g/mol. The number of carbonyl (C=O) groups excluding carboxylic acids is 1. The van der Waals surface area contributed by atoms with Crippen LogP contribution in [0.25, 0.3) is 22.2 Å². The molecule has 3 aromatic rings. The van der Waals surface area contributed by atoms with Crippen molar-refractivity contribution < 1.29 is 9.53 Å². The predicted molar refractivity (Wildman–Crippen MR) is 88.9 cm³/mol. The van der Waals surface area contributed by atoms with Crippen LogP contribution in [0.1, 0.15) is 10.4 Å². The Morgan fingerprint density at radius 2 is 1.77 bits per heavy atom. The maximum Gasteiger partial charge on any atom is 0.256 e. The standard InChI is InChI=1S/C17H11Cl2NO2/c1-22-11-8-6-10(7-9-11)16-14(17(19)21)15(18)12-4-2-3-5-13(12)20-16/h2-9H,1H3. The number of hydrogen-bond acceptors (Lipinski definition) is 3. The van der Waals surface area contributed by atoms with Crippen molar-refractivity contribution in [3.63, 3.8) is 0 Å². The number of halogens is 2. The van der Waals surface area contributed by atoms with Gasteiger partial charge in [-0.15, -0.1) is 0 Å².